The predicted molar refractivity (Wildman–Crippen MR) is 121 cm³/mol. The number of para-hydroxylation sites is 1. The molecule has 30 heavy (non-hydrogen) atoms. The van der Waals surface area contributed by atoms with Crippen molar-refractivity contribution in [2.24, 2.45) is 0 Å². The van der Waals surface area contributed by atoms with Gasteiger partial charge in [0.25, 0.3) is 5.56 Å². The summed E-state index contributed by atoms with van der Waals surface area (Å²) in [5, 5.41) is 10.9. The van der Waals surface area contributed by atoms with E-state index in [9.17, 15) is 4.79 Å². The summed E-state index contributed by atoms with van der Waals surface area (Å²) in [4.78, 5) is 13.1. The van der Waals surface area contributed by atoms with Crippen LogP contribution in [0.15, 0.2) is 58.5 Å². The Morgan fingerprint density at radius 1 is 1.10 bits per heavy atom. The molecule has 0 bridgehead atoms. The van der Waals surface area contributed by atoms with Gasteiger partial charge in [-0.15, -0.1) is 10.2 Å². The highest BCUT2D eigenvalue weighted by atomic mass is 35.5. The van der Waals surface area contributed by atoms with Crippen molar-refractivity contribution in [2.45, 2.75) is 43.8 Å². The Hall–Kier alpha value is -2.35. The lowest BCUT2D eigenvalue weighted by Gasteiger charge is -2.12. The molecule has 0 amide bonds. The molecule has 2 heterocycles. The SMILES string of the molecule is CC(C)OCCCn1c(=O)c2ccccc2n2c(SCc3ccc(Cl)cc3)nnc12. The topological polar surface area (TPSA) is 61.4 Å². The van der Waals surface area contributed by atoms with Crippen LogP contribution in [0.2, 0.25) is 5.02 Å². The number of halogens is 1. The van der Waals surface area contributed by atoms with Gasteiger partial charge in [0.05, 0.1) is 17.0 Å². The monoisotopic (exact) mass is 442 g/mol. The van der Waals surface area contributed by atoms with Gasteiger partial charge in [-0.2, -0.15) is 0 Å². The molecular formula is C22H23ClN4O2S. The number of hydrogen-bond donors (Lipinski definition) is 0. The van der Waals surface area contributed by atoms with Crippen LogP contribution in [0.25, 0.3) is 16.7 Å². The van der Waals surface area contributed by atoms with Crippen LogP contribution < -0.4 is 5.56 Å². The summed E-state index contributed by atoms with van der Waals surface area (Å²) >= 11 is 7.57. The molecule has 0 aliphatic heterocycles. The zero-order chi connectivity index (χ0) is 21.1. The van der Waals surface area contributed by atoms with Crippen LogP contribution in [-0.4, -0.2) is 31.9 Å². The molecule has 0 radical (unpaired) electrons. The number of thioether (sulfide) groups is 1. The highest BCUT2D eigenvalue weighted by molar-refractivity contribution is 7.98. The lowest BCUT2D eigenvalue weighted by atomic mass is 10.2. The molecule has 0 aliphatic rings. The van der Waals surface area contributed by atoms with Crippen LogP contribution in [0.5, 0.6) is 0 Å². The maximum atomic E-state index is 13.1. The van der Waals surface area contributed by atoms with E-state index in [1.165, 1.54) is 0 Å². The normalized spacial score (nSPS) is 11.7. The number of aromatic nitrogens is 4. The number of benzene rings is 2. The van der Waals surface area contributed by atoms with E-state index in [0.717, 1.165) is 28.4 Å². The summed E-state index contributed by atoms with van der Waals surface area (Å²) in [6.45, 7) is 5.13. The van der Waals surface area contributed by atoms with Crippen LogP contribution >= 0.6 is 23.4 Å². The minimum Gasteiger partial charge on any atom is -0.379 e. The first-order valence-corrected chi connectivity index (χ1v) is 11.3. The Kier molecular flexibility index (Phi) is 6.41. The minimum atomic E-state index is -0.0516. The molecule has 4 rings (SSSR count). The lowest BCUT2D eigenvalue weighted by molar-refractivity contribution is 0.0748. The minimum absolute atomic E-state index is 0.0516. The van der Waals surface area contributed by atoms with E-state index >= 15 is 0 Å². The van der Waals surface area contributed by atoms with Crippen molar-refractivity contribution in [1.82, 2.24) is 19.2 Å². The molecule has 4 aromatic rings. The maximum absolute atomic E-state index is 13.1. The Morgan fingerprint density at radius 3 is 2.63 bits per heavy atom. The lowest BCUT2D eigenvalue weighted by Crippen LogP contribution is -2.24. The molecule has 0 fully saturated rings. The number of rotatable bonds is 8. The molecule has 2 aromatic heterocycles. The molecule has 0 aliphatic carbocycles. The molecule has 0 saturated carbocycles. The molecule has 6 nitrogen and oxygen atoms in total. The fraction of sp³-hybridized carbons (Fsp3) is 0.318. The Labute approximate surface area is 183 Å². The molecule has 8 heteroatoms. The fourth-order valence-electron chi connectivity index (χ4n) is 3.30. The summed E-state index contributed by atoms with van der Waals surface area (Å²) in [6, 6.07) is 15.4. The van der Waals surface area contributed by atoms with Crippen molar-refractivity contribution in [3.8, 4) is 0 Å². The van der Waals surface area contributed by atoms with Crippen LogP contribution in [0.4, 0.5) is 0 Å². The van der Waals surface area contributed by atoms with Crippen molar-refractivity contribution < 1.29 is 4.74 Å². The molecule has 0 atom stereocenters. The van der Waals surface area contributed by atoms with Gasteiger partial charge < -0.3 is 4.74 Å². The van der Waals surface area contributed by atoms with Crippen molar-refractivity contribution in [3.05, 3.63) is 69.5 Å². The molecule has 2 aromatic carbocycles. The molecular weight excluding hydrogens is 420 g/mol. The van der Waals surface area contributed by atoms with Gasteiger partial charge in [0.1, 0.15) is 0 Å². The summed E-state index contributed by atoms with van der Waals surface area (Å²) < 4.78 is 9.31. The third-order valence-corrected chi connectivity index (χ3v) is 5.99. The quantitative estimate of drug-likeness (QED) is 0.289. The second kappa shape index (κ2) is 9.20. The Balaban J connectivity index is 1.70. The fourth-order valence-corrected chi connectivity index (χ4v) is 4.32. The van der Waals surface area contributed by atoms with Gasteiger partial charge in [0.15, 0.2) is 5.16 Å². The van der Waals surface area contributed by atoms with Crippen LogP contribution in [0.1, 0.15) is 25.8 Å². The second-order valence-electron chi connectivity index (χ2n) is 7.28. The van der Waals surface area contributed by atoms with E-state index in [-0.39, 0.29) is 11.7 Å². The maximum Gasteiger partial charge on any atom is 0.262 e. The van der Waals surface area contributed by atoms with E-state index in [0.29, 0.717) is 29.3 Å². The largest absolute Gasteiger partial charge is 0.379 e. The average Bonchev–Trinajstić information content (AvgIpc) is 3.16. The van der Waals surface area contributed by atoms with Gasteiger partial charge in [-0.1, -0.05) is 47.6 Å². The molecule has 156 valence electrons. The summed E-state index contributed by atoms with van der Waals surface area (Å²) in [6.07, 6.45) is 0.897. The first kappa shape index (κ1) is 20.9. The van der Waals surface area contributed by atoms with Gasteiger partial charge in [-0.3, -0.25) is 13.8 Å². The number of fused-ring (bicyclic) bond motifs is 3. The highest BCUT2D eigenvalue weighted by Crippen LogP contribution is 2.25. The van der Waals surface area contributed by atoms with Crippen LogP contribution in [0, 0.1) is 0 Å². The Morgan fingerprint density at radius 2 is 1.87 bits per heavy atom. The Bertz CT molecular complexity index is 1220. The number of ether oxygens (including phenoxy) is 1. The molecule has 0 saturated heterocycles. The van der Waals surface area contributed by atoms with Crippen molar-refractivity contribution in [2.75, 3.05) is 6.61 Å². The van der Waals surface area contributed by atoms with E-state index in [1.807, 2.05) is 66.8 Å². The molecule has 0 spiro atoms. The number of nitrogens with zero attached hydrogens (tertiary/aromatic N) is 4. The van der Waals surface area contributed by atoms with Gasteiger partial charge in [0.2, 0.25) is 5.78 Å². The van der Waals surface area contributed by atoms with Crippen LogP contribution in [-0.2, 0) is 17.0 Å². The van der Waals surface area contributed by atoms with E-state index in [4.69, 9.17) is 16.3 Å². The summed E-state index contributed by atoms with van der Waals surface area (Å²) in [5.41, 5.74) is 1.91. The van der Waals surface area contributed by atoms with Gasteiger partial charge in [-0.25, -0.2) is 0 Å². The third-order valence-electron chi connectivity index (χ3n) is 4.74. The van der Waals surface area contributed by atoms with Crippen molar-refractivity contribution in [1.29, 1.82) is 0 Å². The standard InChI is InChI=1S/C22H23ClN4O2S/c1-15(2)29-13-5-12-26-20(28)18-6-3-4-7-19(18)27-21(26)24-25-22(27)30-14-16-8-10-17(23)11-9-16/h3-4,6-11,15H,5,12-14H2,1-2H3. The van der Waals surface area contributed by atoms with E-state index < -0.39 is 0 Å². The van der Waals surface area contributed by atoms with Crippen molar-refractivity contribution >= 4 is 40.0 Å². The number of hydrogen-bond acceptors (Lipinski definition) is 5. The third kappa shape index (κ3) is 4.38. The van der Waals surface area contributed by atoms with Crippen LogP contribution in [0.3, 0.4) is 0 Å². The van der Waals surface area contributed by atoms with Gasteiger partial charge >= 0.3 is 0 Å². The molecule has 0 N–H and O–H groups in total. The first-order chi connectivity index (χ1) is 14.5. The van der Waals surface area contributed by atoms with E-state index in [2.05, 4.69) is 10.2 Å². The van der Waals surface area contributed by atoms with Crippen molar-refractivity contribution in [3.63, 3.8) is 0 Å². The first-order valence-electron chi connectivity index (χ1n) is 9.90. The van der Waals surface area contributed by atoms with Gasteiger partial charge in [-0.05, 0) is 50.1 Å². The predicted octanol–water partition coefficient (Wildman–Crippen LogP) is 4.81. The molecule has 0 unspecified atom stereocenters. The second-order valence-corrected chi connectivity index (χ2v) is 8.66. The van der Waals surface area contributed by atoms with Gasteiger partial charge in [0, 0.05) is 23.9 Å². The van der Waals surface area contributed by atoms with E-state index in [1.54, 1.807) is 16.3 Å². The average molecular weight is 443 g/mol. The smallest absolute Gasteiger partial charge is 0.262 e. The highest BCUT2D eigenvalue weighted by Gasteiger charge is 2.16. The zero-order valence-electron chi connectivity index (χ0n) is 16.9. The zero-order valence-corrected chi connectivity index (χ0v) is 18.5. The summed E-state index contributed by atoms with van der Waals surface area (Å²) in [5.74, 6) is 1.29. The number of aryl methyl sites for hydroxylation is 1. The summed E-state index contributed by atoms with van der Waals surface area (Å²) in [7, 11) is 0.